The van der Waals surface area contributed by atoms with Crippen LogP contribution in [0.3, 0.4) is 0 Å². The highest BCUT2D eigenvalue weighted by molar-refractivity contribution is 7.99. The molecule has 0 saturated carbocycles. The van der Waals surface area contributed by atoms with Crippen molar-refractivity contribution in [2.24, 2.45) is 0 Å². The quantitative estimate of drug-likeness (QED) is 0.261. The van der Waals surface area contributed by atoms with Gasteiger partial charge in [0, 0.05) is 11.3 Å². The number of ether oxygens (including phenoxy) is 1. The van der Waals surface area contributed by atoms with Gasteiger partial charge in [0.05, 0.1) is 5.75 Å². The van der Waals surface area contributed by atoms with Gasteiger partial charge in [-0.25, -0.2) is 4.39 Å². The lowest BCUT2D eigenvalue weighted by molar-refractivity contribution is 0.102. The fourth-order valence-electron chi connectivity index (χ4n) is 3.07. The summed E-state index contributed by atoms with van der Waals surface area (Å²) >= 11 is 1.29. The van der Waals surface area contributed by atoms with Crippen molar-refractivity contribution in [3.05, 3.63) is 101 Å². The van der Waals surface area contributed by atoms with Gasteiger partial charge < -0.3 is 4.74 Å². The van der Waals surface area contributed by atoms with Crippen LogP contribution in [0.1, 0.15) is 27.3 Å². The third kappa shape index (κ3) is 5.23. The SMILES string of the molecule is Cc1ccc(OCc2nnc(SCC(=O)c3ccc(F)cc3)n2-c2ccc(C)cc2)cc1. The lowest BCUT2D eigenvalue weighted by Gasteiger charge is -2.11. The molecule has 0 aliphatic heterocycles. The van der Waals surface area contributed by atoms with E-state index in [0.717, 1.165) is 22.6 Å². The van der Waals surface area contributed by atoms with Gasteiger partial charge >= 0.3 is 0 Å². The number of nitrogens with zero attached hydrogens (tertiary/aromatic N) is 3. The lowest BCUT2D eigenvalue weighted by Crippen LogP contribution is -2.08. The second-order valence-electron chi connectivity index (χ2n) is 7.39. The zero-order valence-corrected chi connectivity index (χ0v) is 18.6. The van der Waals surface area contributed by atoms with Crippen LogP contribution in [0.5, 0.6) is 5.75 Å². The number of carbonyl (C=O) groups excluding carboxylic acids is 1. The minimum Gasteiger partial charge on any atom is -0.486 e. The molecule has 0 N–H and O–H groups in total. The molecule has 0 spiro atoms. The number of thioether (sulfide) groups is 1. The summed E-state index contributed by atoms with van der Waals surface area (Å²) in [6, 6.07) is 21.4. The summed E-state index contributed by atoms with van der Waals surface area (Å²) in [5, 5.41) is 9.21. The molecule has 0 saturated heterocycles. The zero-order chi connectivity index (χ0) is 22.5. The molecule has 4 rings (SSSR count). The van der Waals surface area contributed by atoms with E-state index in [4.69, 9.17) is 4.74 Å². The molecule has 0 bridgehead atoms. The summed E-state index contributed by atoms with van der Waals surface area (Å²) in [6.45, 7) is 4.28. The van der Waals surface area contributed by atoms with Crippen LogP contribution in [0, 0.1) is 19.7 Å². The molecule has 0 aliphatic rings. The number of hydrogen-bond acceptors (Lipinski definition) is 5. The van der Waals surface area contributed by atoms with Crippen LogP contribution in [0.2, 0.25) is 0 Å². The predicted molar refractivity (Wildman–Crippen MR) is 123 cm³/mol. The average Bonchev–Trinajstić information content (AvgIpc) is 3.21. The highest BCUT2D eigenvalue weighted by atomic mass is 32.2. The molecule has 0 fully saturated rings. The van der Waals surface area contributed by atoms with E-state index in [1.165, 1.54) is 36.0 Å². The predicted octanol–water partition coefficient (Wildman–Crippen LogP) is 5.58. The van der Waals surface area contributed by atoms with Gasteiger partial charge in [-0.05, 0) is 62.4 Å². The second kappa shape index (κ2) is 9.78. The maximum atomic E-state index is 13.1. The Balaban J connectivity index is 1.55. The highest BCUT2D eigenvalue weighted by Crippen LogP contribution is 2.24. The molecular weight excluding hydrogens is 425 g/mol. The number of halogens is 1. The van der Waals surface area contributed by atoms with Crippen LogP contribution < -0.4 is 4.74 Å². The van der Waals surface area contributed by atoms with Crippen LogP contribution in [0.25, 0.3) is 5.69 Å². The number of hydrogen-bond donors (Lipinski definition) is 0. The standard InChI is InChI=1S/C25H22FN3O2S/c1-17-3-11-21(12-4-17)29-24(15-31-22-13-5-18(2)6-14-22)27-28-25(29)32-16-23(30)19-7-9-20(26)10-8-19/h3-14H,15-16H2,1-2H3. The number of aryl methyl sites for hydroxylation is 2. The Bertz CT molecular complexity index is 1200. The van der Waals surface area contributed by atoms with E-state index in [1.54, 1.807) is 0 Å². The molecule has 0 radical (unpaired) electrons. The van der Waals surface area contributed by atoms with Crippen LogP contribution in [0.4, 0.5) is 4.39 Å². The smallest absolute Gasteiger partial charge is 0.196 e. The third-order valence-electron chi connectivity index (χ3n) is 4.88. The number of Topliss-reactive ketones (excluding diaryl/α,β-unsaturated/α-hetero) is 1. The monoisotopic (exact) mass is 447 g/mol. The number of rotatable bonds is 8. The van der Waals surface area contributed by atoms with Crippen LogP contribution >= 0.6 is 11.8 Å². The Morgan fingerprint density at radius 2 is 1.53 bits per heavy atom. The van der Waals surface area contributed by atoms with E-state index in [9.17, 15) is 9.18 Å². The number of benzene rings is 3. The van der Waals surface area contributed by atoms with Crippen LogP contribution in [0.15, 0.2) is 78.0 Å². The van der Waals surface area contributed by atoms with Gasteiger partial charge in [-0.15, -0.1) is 10.2 Å². The van der Waals surface area contributed by atoms with Crippen molar-refractivity contribution in [1.29, 1.82) is 0 Å². The van der Waals surface area contributed by atoms with Crippen molar-refractivity contribution in [3.63, 3.8) is 0 Å². The van der Waals surface area contributed by atoms with Gasteiger partial charge in [0.2, 0.25) is 0 Å². The number of ketones is 1. The first-order chi connectivity index (χ1) is 15.5. The van der Waals surface area contributed by atoms with Crippen molar-refractivity contribution < 1.29 is 13.9 Å². The van der Waals surface area contributed by atoms with E-state index in [2.05, 4.69) is 10.2 Å². The summed E-state index contributed by atoms with van der Waals surface area (Å²) in [5.74, 6) is 1.06. The molecule has 162 valence electrons. The van der Waals surface area contributed by atoms with Crippen molar-refractivity contribution in [2.75, 3.05) is 5.75 Å². The number of aromatic nitrogens is 3. The normalized spacial score (nSPS) is 10.8. The van der Waals surface area contributed by atoms with Crippen molar-refractivity contribution >= 4 is 17.5 Å². The maximum Gasteiger partial charge on any atom is 0.196 e. The molecular formula is C25H22FN3O2S. The first-order valence-electron chi connectivity index (χ1n) is 10.1. The Labute approximate surface area is 190 Å². The molecule has 3 aromatic carbocycles. The molecule has 0 unspecified atom stereocenters. The molecule has 0 atom stereocenters. The summed E-state index contributed by atoms with van der Waals surface area (Å²) < 4.78 is 21.0. The summed E-state index contributed by atoms with van der Waals surface area (Å²) in [7, 11) is 0. The van der Waals surface area contributed by atoms with E-state index in [1.807, 2.05) is 66.9 Å². The molecule has 4 aromatic rings. The minimum absolute atomic E-state index is 0.106. The first-order valence-corrected chi connectivity index (χ1v) is 11.1. The van der Waals surface area contributed by atoms with Crippen LogP contribution in [-0.4, -0.2) is 26.3 Å². The van der Waals surface area contributed by atoms with Gasteiger partial charge in [-0.3, -0.25) is 9.36 Å². The van der Waals surface area contributed by atoms with Gasteiger partial charge in [0.1, 0.15) is 18.2 Å². The summed E-state index contributed by atoms with van der Waals surface area (Å²) in [5.41, 5.74) is 3.65. The van der Waals surface area contributed by atoms with Gasteiger partial charge in [0.15, 0.2) is 16.8 Å². The van der Waals surface area contributed by atoms with Crippen molar-refractivity contribution in [2.45, 2.75) is 25.6 Å². The molecule has 5 nitrogen and oxygen atoms in total. The minimum atomic E-state index is -0.369. The lowest BCUT2D eigenvalue weighted by atomic mass is 10.1. The Morgan fingerprint density at radius 3 is 2.19 bits per heavy atom. The van der Waals surface area contributed by atoms with E-state index >= 15 is 0 Å². The third-order valence-corrected chi connectivity index (χ3v) is 5.81. The molecule has 0 amide bonds. The fourth-order valence-corrected chi connectivity index (χ4v) is 3.94. The van der Waals surface area contributed by atoms with E-state index < -0.39 is 0 Å². The number of carbonyl (C=O) groups is 1. The molecule has 1 heterocycles. The molecule has 7 heteroatoms. The van der Waals surface area contributed by atoms with E-state index in [-0.39, 0.29) is 24.0 Å². The van der Waals surface area contributed by atoms with Gasteiger partial charge in [-0.1, -0.05) is 47.2 Å². The summed E-state index contributed by atoms with van der Waals surface area (Å²) in [6.07, 6.45) is 0. The molecule has 32 heavy (non-hydrogen) atoms. The Kier molecular flexibility index (Phi) is 6.66. The highest BCUT2D eigenvalue weighted by Gasteiger charge is 2.17. The second-order valence-corrected chi connectivity index (χ2v) is 8.33. The van der Waals surface area contributed by atoms with E-state index in [0.29, 0.717) is 16.5 Å². The average molecular weight is 448 g/mol. The zero-order valence-electron chi connectivity index (χ0n) is 17.8. The van der Waals surface area contributed by atoms with Crippen molar-refractivity contribution in [3.8, 4) is 11.4 Å². The topological polar surface area (TPSA) is 57.0 Å². The van der Waals surface area contributed by atoms with Crippen molar-refractivity contribution in [1.82, 2.24) is 14.8 Å². The fraction of sp³-hybridized carbons (Fsp3) is 0.160. The molecule has 1 aromatic heterocycles. The van der Waals surface area contributed by atoms with Crippen LogP contribution in [-0.2, 0) is 6.61 Å². The Morgan fingerprint density at radius 1 is 0.906 bits per heavy atom. The first kappa shape index (κ1) is 21.8. The van der Waals surface area contributed by atoms with Gasteiger partial charge in [-0.2, -0.15) is 0 Å². The molecule has 0 aliphatic carbocycles. The maximum absolute atomic E-state index is 13.1. The van der Waals surface area contributed by atoms with Gasteiger partial charge in [0.25, 0.3) is 0 Å². The Hall–Kier alpha value is -3.45. The summed E-state index contributed by atoms with van der Waals surface area (Å²) in [4.78, 5) is 12.5. The largest absolute Gasteiger partial charge is 0.486 e.